The molecule has 0 N–H and O–H groups in total. The van der Waals surface area contributed by atoms with Crippen molar-refractivity contribution < 1.29 is 22.7 Å². The number of rotatable bonds is 9. The van der Waals surface area contributed by atoms with Gasteiger partial charge in [-0.15, -0.1) is 0 Å². The highest BCUT2D eigenvalue weighted by Gasteiger charge is 2.35. The molecule has 9 heteroatoms. The third kappa shape index (κ3) is 5.97. The van der Waals surface area contributed by atoms with E-state index in [1.807, 2.05) is 19.1 Å². The Morgan fingerprint density at radius 2 is 1.74 bits per heavy atom. The number of carbonyl (C=O) groups excluding carboxylic acids is 1. The Labute approximate surface area is 186 Å². The first-order chi connectivity index (χ1) is 14.9. The fourth-order valence-corrected chi connectivity index (χ4v) is 5.81. The van der Waals surface area contributed by atoms with Crippen LogP contribution in [0.4, 0.5) is 0 Å². The van der Waals surface area contributed by atoms with Crippen LogP contribution in [0.1, 0.15) is 49.4 Å². The molecule has 1 aromatic carbocycles. The summed E-state index contributed by atoms with van der Waals surface area (Å²) in [4.78, 5) is 14.8. The van der Waals surface area contributed by atoms with E-state index >= 15 is 0 Å². The molecular formula is C22H35N3O5S. The quantitative estimate of drug-likeness (QED) is 0.537. The zero-order valence-corrected chi connectivity index (χ0v) is 19.5. The van der Waals surface area contributed by atoms with E-state index in [0.717, 1.165) is 25.7 Å². The monoisotopic (exact) mass is 453 g/mol. The van der Waals surface area contributed by atoms with E-state index in [9.17, 15) is 13.2 Å². The van der Waals surface area contributed by atoms with Gasteiger partial charge in [-0.05, 0) is 31.9 Å². The summed E-state index contributed by atoms with van der Waals surface area (Å²) in [5.41, 5.74) is 0.495. The van der Waals surface area contributed by atoms with Crippen LogP contribution in [0.3, 0.4) is 0 Å². The molecule has 0 bridgehead atoms. The predicted octanol–water partition coefficient (Wildman–Crippen LogP) is 2.37. The van der Waals surface area contributed by atoms with Crippen LogP contribution >= 0.6 is 0 Å². The van der Waals surface area contributed by atoms with Crippen LogP contribution in [0.2, 0.25) is 0 Å². The first-order valence-electron chi connectivity index (χ1n) is 11.3. The molecule has 1 saturated heterocycles. The highest BCUT2D eigenvalue weighted by molar-refractivity contribution is 7.86. The van der Waals surface area contributed by atoms with Crippen LogP contribution in [0.5, 0.6) is 5.75 Å². The molecule has 0 spiro atoms. The van der Waals surface area contributed by atoms with E-state index in [1.165, 1.54) is 10.7 Å². The molecule has 1 aromatic rings. The SMILES string of the molecule is CCOCCOc1ccccc1C(=O)N1CCN(S(=O)(=O)N(C)C2CCCCC2)CC1. The van der Waals surface area contributed by atoms with Gasteiger partial charge >= 0.3 is 0 Å². The topological polar surface area (TPSA) is 79.4 Å². The summed E-state index contributed by atoms with van der Waals surface area (Å²) in [6.07, 6.45) is 5.20. The molecule has 8 nitrogen and oxygen atoms in total. The van der Waals surface area contributed by atoms with Gasteiger partial charge in [0.2, 0.25) is 0 Å². The van der Waals surface area contributed by atoms with Gasteiger partial charge in [-0.25, -0.2) is 0 Å². The molecule has 2 aliphatic rings. The van der Waals surface area contributed by atoms with E-state index < -0.39 is 10.2 Å². The largest absolute Gasteiger partial charge is 0.490 e. The molecule has 1 saturated carbocycles. The number of ether oxygens (including phenoxy) is 2. The molecule has 0 radical (unpaired) electrons. The molecule has 0 unspecified atom stereocenters. The predicted molar refractivity (Wildman–Crippen MR) is 119 cm³/mol. The first-order valence-corrected chi connectivity index (χ1v) is 12.7. The van der Waals surface area contributed by atoms with E-state index in [1.54, 1.807) is 28.4 Å². The maximum Gasteiger partial charge on any atom is 0.282 e. The van der Waals surface area contributed by atoms with Gasteiger partial charge in [0, 0.05) is 45.9 Å². The lowest BCUT2D eigenvalue weighted by Crippen LogP contribution is -2.55. The standard InChI is InChI=1S/C22H35N3O5S/c1-3-29-17-18-30-21-12-8-7-11-20(21)22(26)24-13-15-25(16-14-24)31(27,28)23(2)19-9-5-4-6-10-19/h7-8,11-12,19H,3-6,9-10,13-18H2,1-2H3. The van der Waals surface area contributed by atoms with Crippen LogP contribution in [-0.2, 0) is 14.9 Å². The van der Waals surface area contributed by atoms with E-state index in [2.05, 4.69) is 0 Å². The molecule has 1 aliphatic carbocycles. The second-order valence-electron chi connectivity index (χ2n) is 8.05. The molecular weight excluding hydrogens is 418 g/mol. The summed E-state index contributed by atoms with van der Waals surface area (Å²) in [5.74, 6) is 0.393. The van der Waals surface area contributed by atoms with Gasteiger partial charge in [-0.3, -0.25) is 4.79 Å². The molecule has 0 aromatic heterocycles. The van der Waals surface area contributed by atoms with Gasteiger partial charge in [0.1, 0.15) is 12.4 Å². The van der Waals surface area contributed by atoms with E-state index in [0.29, 0.717) is 57.3 Å². The van der Waals surface area contributed by atoms with Gasteiger partial charge in [-0.1, -0.05) is 31.4 Å². The van der Waals surface area contributed by atoms with Crippen LogP contribution in [-0.4, -0.2) is 86.9 Å². The Balaban J connectivity index is 1.58. The fraction of sp³-hybridized carbons (Fsp3) is 0.682. The van der Waals surface area contributed by atoms with Crippen molar-refractivity contribution in [2.24, 2.45) is 0 Å². The van der Waals surface area contributed by atoms with Crippen molar-refractivity contribution in [3.63, 3.8) is 0 Å². The maximum absolute atomic E-state index is 13.1. The smallest absolute Gasteiger partial charge is 0.282 e. The van der Waals surface area contributed by atoms with Crippen LogP contribution in [0, 0.1) is 0 Å². The molecule has 2 fully saturated rings. The Bertz CT molecular complexity index is 818. The molecule has 1 amide bonds. The van der Waals surface area contributed by atoms with Gasteiger partial charge in [0.15, 0.2) is 0 Å². The number of hydrogen-bond acceptors (Lipinski definition) is 5. The number of nitrogens with zero attached hydrogens (tertiary/aromatic N) is 3. The van der Waals surface area contributed by atoms with Crippen molar-refractivity contribution in [1.29, 1.82) is 0 Å². The minimum absolute atomic E-state index is 0.0825. The Morgan fingerprint density at radius 3 is 2.42 bits per heavy atom. The zero-order chi connectivity index (χ0) is 22.3. The van der Waals surface area contributed by atoms with Crippen LogP contribution < -0.4 is 4.74 Å². The minimum Gasteiger partial charge on any atom is -0.490 e. The second-order valence-corrected chi connectivity index (χ2v) is 10.0. The number of amides is 1. The van der Waals surface area contributed by atoms with E-state index in [4.69, 9.17) is 9.47 Å². The van der Waals surface area contributed by atoms with Crippen LogP contribution in [0.25, 0.3) is 0 Å². The van der Waals surface area contributed by atoms with Crippen molar-refractivity contribution in [3.05, 3.63) is 29.8 Å². The van der Waals surface area contributed by atoms with Crippen molar-refractivity contribution in [1.82, 2.24) is 13.5 Å². The third-order valence-corrected chi connectivity index (χ3v) is 8.16. The lowest BCUT2D eigenvalue weighted by atomic mass is 9.96. The Kier molecular flexibility index (Phi) is 8.71. The molecule has 1 heterocycles. The molecule has 174 valence electrons. The Hall–Kier alpha value is -1.68. The van der Waals surface area contributed by atoms with Crippen molar-refractivity contribution >= 4 is 16.1 Å². The van der Waals surface area contributed by atoms with Crippen molar-refractivity contribution in [2.75, 3.05) is 53.0 Å². The van der Waals surface area contributed by atoms with Crippen LogP contribution in [0.15, 0.2) is 24.3 Å². The van der Waals surface area contributed by atoms with E-state index in [-0.39, 0.29) is 11.9 Å². The lowest BCUT2D eigenvalue weighted by molar-refractivity contribution is 0.0683. The fourth-order valence-electron chi connectivity index (χ4n) is 4.23. The summed E-state index contributed by atoms with van der Waals surface area (Å²) in [7, 11) is -1.82. The summed E-state index contributed by atoms with van der Waals surface area (Å²) in [6.45, 7) is 4.71. The Morgan fingerprint density at radius 1 is 1.06 bits per heavy atom. The highest BCUT2D eigenvalue weighted by atomic mass is 32.2. The third-order valence-electron chi connectivity index (χ3n) is 6.11. The minimum atomic E-state index is -3.51. The summed E-state index contributed by atoms with van der Waals surface area (Å²) < 4.78 is 40.2. The van der Waals surface area contributed by atoms with Gasteiger partial charge in [0.05, 0.1) is 12.2 Å². The normalized spacial score (nSPS) is 19.0. The summed E-state index contributed by atoms with van der Waals surface area (Å²) in [6, 6.07) is 7.25. The zero-order valence-electron chi connectivity index (χ0n) is 18.7. The van der Waals surface area contributed by atoms with Gasteiger partial charge in [0.25, 0.3) is 16.1 Å². The molecule has 1 aliphatic heterocycles. The number of carbonyl (C=O) groups is 1. The molecule has 0 atom stereocenters. The highest BCUT2D eigenvalue weighted by Crippen LogP contribution is 2.26. The number of para-hydroxylation sites is 1. The van der Waals surface area contributed by atoms with Gasteiger partial charge in [-0.2, -0.15) is 17.0 Å². The molecule has 3 rings (SSSR count). The second kappa shape index (κ2) is 11.3. The first kappa shape index (κ1) is 24.0. The average Bonchev–Trinajstić information content (AvgIpc) is 2.82. The summed E-state index contributed by atoms with van der Waals surface area (Å²) in [5, 5.41) is 0. The number of hydrogen-bond donors (Lipinski definition) is 0. The maximum atomic E-state index is 13.1. The summed E-state index contributed by atoms with van der Waals surface area (Å²) >= 11 is 0. The lowest BCUT2D eigenvalue weighted by Gasteiger charge is -2.38. The van der Waals surface area contributed by atoms with Gasteiger partial charge < -0.3 is 14.4 Å². The number of benzene rings is 1. The number of piperazine rings is 1. The van der Waals surface area contributed by atoms with Crippen molar-refractivity contribution in [2.45, 2.75) is 45.1 Å². The average molecular weight is 454 g/mol. The molecule has 31 heavy (non-hydrogen) atoms. The van der Waals surface area contributed by atoms with Crippen molar-refractivity contribution in [3.8, 4) is 5.75 Å².